The second kappa shape index (κ2) is 11.0. The fraction of sp³-hybridized carbons (Fsp3) is 0.750. The number of hydrogen-bond donors (Lipinski definition) is 0. The average Bonchev–Trinajstić information content (AvgIpc) is 2.29. The van der Waals surface area contributed by atoms with Gasteiger partial charge in [-0.25, -0.2) is 0 Å². The maximum atomic E-state index is 6.46. The first-order valence-electron chi connectivity index (χ1n) is 7.62. The van der Waals surface area contributed by atoms with Crippen LogP contribution in [-0.2, 0) is 0 Å². The van der Waals surface area contributed by atoms with Crippen molar-refractivity contribution in [2.75, 3.05) is 0 Å². The molecule has 0 N–H and O–H groups in total. The van der Waals surface area contributed by atoms with Gasteiger partial charge in [0, 0.05) is 0 Å². The van der Waals surface area contributed by atoms with Crippen molar-refractivity contribution in [2.24, 2.45) is 11.8 Å². The monoisotopic (exact) mass is 320 g/mol. The fourth-order valence-corrected chi connectivity index (χ4v) is 4.33. The molecule has 0 radical (unpaired) electrons. The zero-order valence-electron chi connectivity index (χ0n) is 13.0. The summed E-state index contributed by atoms with van der Waals surface area (Å²) in [5, 5.41) is 0. The van der Waals surface area contributed by atoms with E-state index in [0.717, 1.165) is 12.1 Å². The smallest absolute Gasteiger partial charge is 0.145 e. The van der Waals surface area contributed by atoms with E-state index in [1.807, 2.05) is 0 Å². The van der Waals surface area contributed by atoms with Gasteiger partial charge in [0.15, 0.2) is 0 Å². The van der Waals surface area contributed by atoms with Gasteiger partial charge in [0.25, 0.3) is 6.69 Å². The van der Waals surface area contributed by atoms with Crippen LogP contribution in [0.2, 0.25) is 12.1 Å². The van der Waals surface area contributed by atoms with E-state index in [2.05, 4.69) is 52.0 Å². The summed E-state index contributed by atoms with van der Waals surface area (Å²) in [5.41, 5.74) is 0. The van der Waals surface area contributed by atoms with Gasteiger partial charge in [0.05, 0.1) is 0 Å². The molecule has 0 aromatic heterocycles. The minimum atomic E-state index is -2.11. The minimum Gasteiger partial charge on any atom is -0.145 e. The van der Waals surface area contributed by atoms with Crippen LogP contribution in [0.4, 0.5) is 0 Å². The summed E-state index contributed by atoms with van der Waals surface area (Å²) in [7, 11) is 0. The summed E-state index contributed by atoms with van der Waals surface area (Å²) < 4.78 is 0. The molecule has 0 rings (SSSR count). The van der Waals surface area contributed by atoms with E-state index in [4.69, 9.17) is 22.2 Å². The number of allylic oxidation sites excluding steroid dienone is 4. The quantitative estimate of drug-likeness (QED) is 0.233. The third kappa shape index (κ3) is 11.8. The second-order valence-corrected chi connectivity index (χ2v) is 13.1. The molecule has 0 fully saturated rings. The molecule has 0 aromatic carbocycles. The lowest BCUT2D eigenvalue weighted by Crippen LogP contribution is -2.16. The molecule has 2 atom stereocenters. The Hall–Kier alpha value is 0.277. The summed E-state index contributed by atoms with van der Waals surface area (Å²) >= 11 is 12.9. The van der Waals surface area contributed by atoms with Crippen molar-refractivity contribution >= 4 is 28.9 Å². The molecule has 0 aliphatic heterocycles. The first-order valence-corrected chi connectivity index (χ1v) is 12.1. The highest BCUT2D eigenvalue weighted by Crippen LogP contribution is 2.27. The van der Waals surface area contributed by atoms with Crippen molar-refractivity contribution in [1.29, 1.82) is 0 Å². The lowest BCUT2D eigenvalue weighted by Gasteiger charge is -2.12. The van der Waals surface area contributed by atoms with Crippen molar-refractivity contribution in [3.8, 4) is 0 Å². The third-order valence-electron chi connectivity index (χ3n) is 3.25. The Labute approximate surface area is 130 Å². The maximum absolute atomic E-state index is 6.46. The molecule has 0 heterocycles. The van der Waals surface area contributed by atoms with Gasteiger partial charge >= 0.3 is 0 Å². The summed E-state index contributed by atoms with van der Waals surface area (Å²) in [5.74, 6) is 1.28. The molecule has 0 aromatic rings. The molecule has 0 nitrogen and oxygen atoms in total. The van der Waals surface area contributed by atoms with Crippen LogP contribution in [0.25, 0.3) is 0 Å². The van der Waals surface area contributed by atoms with E-state index < -0.39 is 6.69 Å². The number of hydrogen-bond acceptors (Lipinski definition) is 0. The van der Waals surface area contributed by atoms with Crippen LogP contribution in [0.1, 0.15) is 53.4 Å². The average molecular weight is 321 g/mol. The molecule has 112 valence electrons. The molecule has 19 heavy (non-hydrogen) atoms. The van der Waals surface area contributed by atoms with Gasteiger partial charge in [-0.3, -0.25) is 0 Å². The van der Waals surface area contributed by atoms with Gasteiger partial charge in [-0.15, -0.1) is 22.2 Å². The lowest BCUT2D eigenvalue weighted by atomic mass is 10.1. The van der Waals surface area contributed by atoms with Crippen LogP contribution in [0, 0.1) is 11.8 Å². The SMILES string of the molecule is CCCC(C)C=CC[Si](Cl)(Cl)CC=CC(C)CCC. The zero-order valence-corrected chi connectivity index (χ0v) is 15.5. The Morgan fingerprint density at radius 3 is 1.53 bits per heavy atom. The van der Waals surface area contributed by atoms with Gasteiger partial charge in [-0.05, 0) is 36.8 Å². The van der Waals surface area contributed by atoms with E-state index in [9.17, 15) is 0 Å². The third-order valence-corrected chi connectivity index (χ3v) is 6.77. The molecule has 0 aliphatic rings. The topological polar surface area (TPSA) is 0 Å². The second-order valence-electron chi connectivity index (χ2n) is 5.65. The molecule has 2 unspecified atom stereocenters. The summed E-state index contributed by atoms with van der Waals surface area (Å²) in [6.45, 7) is 6.82. The molecular weight excluding hydrogens is 291 g/mol. The van der Waals surface area contributed by atoms with Crippen molar-refractivity contribution < 1.29 is 0 Å². The van der Waals surface area contributed by atoms with Gasteiger partial charge in [-0.1, -0.05) is 64.8 Å². The molecule has 0 amide bonds. The molecule has 0 aliphatic carbocycles. The normalized spacial score (nSPS) is 16.3. The van der Waals surface area contributed by atoms with Gasteiger partial charge < -0.3 is 0 Å². The van der Waals surface area contributed by atoms with Gasteiger partial charge in [0.2, 0.25) is 0 Å². The number of rotatable bonds is 10. The van der Waals surface area contributed by atoms with E-state index in [1.54, 1.807) is 0 Å². The number of halogens is 2. The van der Waals surface area contributed by atoms with Gasteiger partial charge in [-0.2, -0.15) is 0 Å². The largest absolute Gasteiger partial charge is 0.258 e. The Morgan fingerprint density at radius 1 is 0.842 bits per heavy atom. The predicted molar refractivity (Wildman–Crippen MR) is 93.5 cm³/mol. The standard InChI is InChI=1S/C16H30Cl2Si/c1-5-9-15(3)11-7-13-19(17,18)14-8-12-16(4)10-6-2/h7-8,11-12,15-16H,5-6,9-10,13-14H2,1-4H3. The van der Waals surface area contributed by atoms with Gasteiger partial charge in [0.1, 0.15) is 0 Å². The Balaban J connectivity index is 4.04. The van der Waals surface area contributed by atoms with Crippen molar-refractivity contribution in [3.05, 3.63) is 24.3 Å². The van der Waals surface area contributed by atoms with Crippen LogP contribution < -0.4 is 0 Å². The molecule has 0 bridgehead atoms. The fourth-order valence-electron chi connectivity index (χ4n) is 2.13. The predicted octanol–water partition coefficient (Wildman–Crippen LogP) is 6.89. The molecule has 0 spiro atoms. The van der Waals surface area contributed by atoms with Crippen LogP contribution in [0.5, 0.6) is 0 Å². The van der Waals surface area contributed by atoms with Crippen LogP contribution in [0.3, 0.4) is 0 Å². The molecule has 0 saturated carbocycles. The maximum Gasteiger partial charge on any atom is 0.258 e. The van der Waals surface area contributed by atoms with E-state index in [-0.39, 0.29) is 0 Å². The lowest BCUT2D eigenvalue weighted by molar-refractivity contribution is 0.633. The summed E-state index contributed by atoms with van der Waals surface area (Å²) in [6.07, 6.45) is 13.8. The summed E-state index contributed by atoms with van der Waals surface area (Å²) in [4.78, 5) is 0. The van der Waals surface area contributed by atoms with Crippen LogP contribution in [-0.4, -0.2) is 6.69 Å². The highest BCUT2D eigenvalue weighted by Gasteiger charge is 2.24. The highest BCUT2D eigenvalue weighted by molar-refractivity contribution is 7.45. The van der Waals surface area contributed by atoms with E-state index >= 15 is 0 Å². The van der Waals surface area contributed by atoms with Crippen LogP contribution in [0.15, 0.2) is 24.3 Å². The molecular formula is C16H30Cl2Si. The van der Waals surface area contributed by atoms with Crippen molar-refractivity contribution in [1.82, 2.24) is 0 Å². The van der Waals surface area contributed by atoms with Crippen molar-refractivity contribution in [3.63, 3.8) is 0 Å². The van der Waals surface area contributed by atoms with E-state index in [0.29, 0.717) is 11.8 Å². The first kappa shape index (κ1) is 19.3. The minimum absolute atomic E-state index is 0.642. The first-order chi connectivity index (χ1) is 8.91. The Kier molecular flexibility index (Phi) is 11.2. The van der Waals surface area contributed by atoms with Crippen molar-refractivity contribution in [2.45, 2.75) is 65.5 Å². The molecule has 3 heteroatoms. The highest BCUT2D eigenvalue weighted by atomic mass is 35.7. The zero-order chi connectivity index (χ0) is 14.7. The Bertz CT molecular complexity index is 246. The Morgan fingerprint density at radius 2 is 1.21 bits per heavy atom. The van der Waals surface area contributed by atoms with E-state index in [1.165, 1.54) is 25.7 Å². The van der Waals surface area contributed by atoms with Crippen LogP contribution >= 0.6 is 22.2 Å². The summed E-state index contributed by atoms with van der Waals surface area (Å²) in [6, 6.07) is 1.72. The molecule has 0 saturated heterocycles.